The van der Waals surface area contributed by atoms with E-state index in [4.69, 9.17) is 0 Å². The highest BCUT2D eigenvalue weighted by molar-refractivity contribution is 7.89. The van der Waals surface area contributed by atoms with Crippen LogP contribution in [0.3, 0.4) is 0 Å². The molecule has 1 unspecified atom stereocenters. The van der Waals surface area contributed by atoms with E-state index in [1.54, 1.807) is 18.2 Å². The average molecular weight is 388 g/mol. The molecule has 27 heavy (non-hydrogen) atoms. The van der Waals surface area contributed by atoms with Gasteiger partial charge in [-0.3, -0.25) is 4.79 Å². The van der Waals surface area contributed by atoms with Crippen molar-refractivity contribution in [3.63, 3.8) is 0 Å². The van der Waals surface area contributed by atoms with Crippen molar-refractivity contribution in [1.29, 1.82) is 0 Å². The van der Waals surface area contributed by atoms with Crippen LogP contribution in [0.5, 0.6) is 0 Å². The van der Waals surface area contributed by atoms with Gasteiger partial charge in [0.2, 0.25) is 15.9 Å². The van der Waals surface area contributed by atoms with Gasteiger partial charge in [0.15, 0.2) is 0 Å². The molecule has 7 heteroatoms. The minimum Gasteiger partial charge on any atom is -0.333 e. The number of likely N-dealkylation sites (N-methyl/N-ethyl adjacent to an activating group) is 1. The third kappa shape index (κ3) is 4.94. The Kier molecular flexibility index (Phi) is 6.26. The lowest BCUT2D eigenvalue weighted by molar-refractivity contribution is -0.136. The number of rotatable bonds is 6. The summed E-state index contributed by atoms with van der Waals surface area (Å²) in [5, 5.41) is 0. The van der Waals surface area contributed by atoms with E-state index in [9.17, 15) is 13.2 Å². The molecule has 0 aromatic heterocycles. The molecule has 3 rings (SSSR count). The molecule has 0 bridgehead atoms. The number of nitrogens with zero attached hydrogens (tertiary/aromatic N) is 2. The molecule has 144 valence electrons. The number of piperazine rings is 1. The molecule has 2 aromatic rings. The van der Waals surface area contributed by atoms with Crippen LogP contribution in [0.25, 0.3) is 0 Å². The highest BCUT2D eigenvalue weighted by atomic mass is 32.2. The predicted octanol–water partition coefficient (Wildman–Crippen LogP) is 1.87. The van der Waals surface area contributed by atoms with Crippen LogP contribution in [0.15, 0.2) is 65.6 Å². The van der Waals surface area contributed by atoms with Crippen molar-refractivity contribution in [3.05, 3.63) is 66.2 Å². The van der Waals surface area contributed by atoms with Crippen LogP contribution in [0.4, 0.5) is 0 Å². The Balaban J connectivity index is 1.62. The second-order valence-corrected chi connectivity index (χ2v) is 8.50. The van der Waals surface area contributed by atoms with E-state index in [-0.39, 0.29) is 29.8 Å². The summed E-state index contributed by atoms with van der Waals surface area (Å²) in [7, 11) is -1.54. The molecule has 0 radical (unpaired) electrons. The normalized spacial score (nSPS) is 18.4. The van der Waals surface area contributed by atoms with Crippen molar-refractivity contribution in [2.45, 2.75) is 17.4 Å². The summed E-state index contributed by atoms with van der Waals surface area (Å²) in [6.07, 6.45) is 0.138. The smallest absolute Gasteiger partial charge is 0.240 e. The fourth-order valence-corrected chi connectivity index (χ4v) is 4.35. The molecular weight excluding hydrogens is 362 g/mol. The molecule has 2 aromatic carbocycles. The van der Waals surface area contributed by atoms with Crippen molar-refractivity contribution in [2.75, 3.05) is 33.2 Å². The first-order chi connectivity index (χ1) is 13.0. The van der Waals surface area contributed by atoms with Crippen molar-refractivity contribution in [3.8, 4) is 0 Å². The van der Waals surface area contributed by atoms with Crippen LogP contribution >= 0.6 is 0 Å². The summed E-state index contributed by atoms with van der Waals surface area (Å²) >= 11 is 0. The van der Waals surface area contributed by atoms with Gasteiger partial charge in [-0.15, -0.1) is 0 Å². The van der Waals surface area contributed by atoms with Crippen LogP contribution in [-0.2, 0) is 14.8 Å². The predicted molar refractivity (Wildman–Crippen MR) is 105 cm³/mol. The average Bonchev–Trinajstić information content (AvgIpc) is 2.69. The number of carbonyl (C=O) groups is 1. The minimum atomic E-state index is -3.59. The molecule has 1 amide bonds. The molecule has 0 spiro atoms. The summed E-state index contributed by atoms with van der Waals surface area (Å²) in [5.41, 5.74) is 1.10. The Morgan fingerprint density at radius 1 is 1.04 bits per heavy atom. The van der Waals surface area contributed by atoms with Crippen molar-refractivity contribution in [1.82, 2.24) is 14.5 Å². The molecule has 0 aliphatic carbocycles. The summed E-state index contributed by atoms with van der Waals surface area (Å²) in [6.45, 7) is 2.31. The number of amides is 1. The van der Waals surface area contributed by atoms with Crippen molar-refractivity contribution < 1.29 is 13.2 Å². The molecule has 1 atom stereocenters. The highest BCUT2D eigenvalue weighted by Gasteiger charge is 2.30. The van der Waals surface area contributed by atoms with Crippen LogP contribution < -0.4 is 4.72 Å². The van der Waals surface area contributed by atoms with E-state index in [0.717, 1.165) is 18.7 Å². The van der Waals surface area contributed by atoms with Gasteiger partial charge in [-0.05, 0) is 24.7 Å². The van der Waals surface area contributed by atoms with Crippen molar-refractivity contribution >= 4 is 15.9 Å². The maximum absolute atomic E-state index is 12.8. The van der Waals surface area contributed by atoms with E-state index in [0.29, 0.717) is 6.54 Å². The zero-order chi connectivity index (χ0) is 19.3. The van der Waals surface area contributed by atoms with Gasteiger partial charge < -0.3 is 9.80 Å². The second-order valence-electron chi connectivity index (χ2n) is 6.74. The fourth-order valence-electron chi connectivity index (χ4n) is 3.30. The summed E-state index contributed by atoms with van der Waals surface area (Å²) < 4.78 is 27.1. The first-order valence-electron chi connectivity index (χ1n) is 9.05. The van der Waals surface area contributed by atoms with Crippen molar-refractivity contribution in [2.24, 2.45) is 0 Å². The maximum Gasteiger partial charge on any atom is 0.240 e. The molecule has 1 aliphatic rings. The monoisotopic (exact) mass is 387 g/mol. The number of benzene rings is 2. The van der Waals surface area contributed by atoms with E-state index in [1.807, 2.05) is 42.3 Å². The largest absolute Gasteiger partial charge is 0.333 e. The quantitative estimate of drug-likeness (QED) is 0.822. The van der Waals surface area contributed by atoms with Crippen LogP contribution in [-0.4, -0.2) is 57.4 Å². The Bertz CT molecular complexity index is 857. The molecular formula is C20H25N3O3S. The zero-order valence-electron chi connectivity index (χ0n) is 15.4. The van der Waals surface area contributed by atoms with Crippen LogP contribution in [0.1, 0.15) is 18.0 Å². The first kappa shape index (κ1) is 19.5. The van der Waals surface area contributed by atoms with Gasteiger partial charge in [-0.25, -0.2) is 13.1 Å². The summed E-state index contributed by atoms with van der Waals surface area (Å²) in [6, 6.07) is 18.1. The van der Waals surface area contributed by atoms with E-state index in [1.165, 1.54) is 12.1 Å². The first-order valence-corrected chi connectivity index (χ1v) is 10.5. The summed E-state index contributed by atoms with van der Waals surface area (Å²) in [5.74, 6) is -0.0345. The Hall–Kier alpha value is -2.22. The number of hydrogen-bond acceptors (Lipinski definition) is 4. The van der Waals surface area contributed by atoms with E-state index in [2.05, 4.69) is 9.62 Å². The molecule has 1 aliphatic heterocycles. The lowest BCUT2D eigenvalue weighted by Crippen LogP contribution is -2.49. The molecule has 1 heterocycles. The van der Waals surface area contributed by atoms with Crippen LogP contribution in [0, 0.1) is 0 Å². The number of nitrogens with one attached hydrogen (secondary N) is 1. The van der Waals surface area contributed by atoms with Gasteiger partial charge in [-0.1, -0.05) is 48.5 Å². The van der Waals surface area contributed by atoms with Gasteiger partial charge in [0.05, 0.1) is 10.9 Å². The third-order valence-corrected chi connectivity index (χ3v) is 6.25. The Morgan fingerprint density at radius 3 is 2.33 bits per heavy atom. The molecule has 1 fully saturated rings. The molecule has 6 nitrogen and oxygen atoms in total. The topological polar surface area (TPSA) is 69.7 Å². The number of sulfonamides is 1. The van der Waals surface area contributed by atoms with Gasteiger partial charge in [0, 0.05) is 32.6 Å². The van der Waals surface area contributed by atoms with Gasteiger partial charge >= 0.3 is 0 Å². The standard InChI is InChI=1S/C20H25N3O3S/c1-22-14-15-23(19(16-22)17-8-4-2-5-9-17)20(24)12-13-21-27(25,26)18-10-6-3-7-11-18/h2-11,19,21H,12-16H2,1H3. The number of hydrogen-bond donors (Lipinski definition) is 1. The lowest BCUT2D eigenvalue weighted by atomic mass is 10.0. The minimum absolute atomic E-state index is 0.0109. The molecule has 1 saturated heterocycles. The summed E-state index contributed by atoms with van der Waals surface area (Å²) in [4.78, 5) is 17.1. The second kappa shape index (κ2) is 8.65. The van der Waals surface area contributed by atoms with Gasteiger partial charge in [-0.2, -0.15) is 0 Å². The highest BCUT2D eigenvalue weighted by Crippen LogP contribution is 2.25. The van der Waals surface area contributed by atoms with Gasteiger partial charge in [0.25, 0.3) is 0 Å². The lowest BCUT2D eigenvalue weighted by Gasteiger charge is -2.40. The SMILES string of the molecule is CN1CCN(C(=O)CCNS(=O)(=O)c2ccccc2)C(c2ccccc2)C1. The van der Waals surface area contributed by atoms with E-state index < -0.39 is 10.0 Å². The zero-order valence-corrected chi connectivity index (χ0v) is 16.2. The molecule has 1 N–H and O–H groups in total. The van der Waals surface area contributed by atoms with Crippen LogP contribution in [0.2, 0.25) is 0 Å². The van der Waals surface area contributed by atoms with Gasteiger partial charge in [0.1, 0.15) is 0 Å². The van der Waals surface area contributed by atoms with E-state index >= 15 is 0 Å². The fraction of sp³-hybridized carbons (Fsp3) is 0.350. The third-order valence-electron chi connectivity index (χ3n) is 4.77. The Morgan fingerprint density at radius 2 is 1.67 bits per heavy atom. The maximum atomic E-state index is 12.8. The Labute approximate surface area is 160 Å². The molecule has 0 saturated carbocycles. The number of carbonyl (C=O) groups excluding carboxylic acids is 1.